The Bertz CT molecular complexity index is 1080. The van der Waals surface area contributed by atoms with Gasteiger partial charge in [0.05, 0.1) is 6.07 Å². The van der Waals surface area contributed by atoms with Crippen LogP contribution in [0.5, 0.6) is 0 Å². The predicted molar refractivity (Wildman–Crippen MR) is 124 cm³/mol. The molecule has 0 spiro atoms. The van der Waals surface area contributed by atoms with Gasteiger partial charge in [-0.05, 0) is 63.1 Å². The third-order valence-corrected chi connectivity index (χ3v) is 9.23. The van der Waals surface area contributed by atoms with Crippen molar-refractivity contribution < 1.29 is 12.8 Å². The molecule has 4 rings (SSSR count). The molecule has 5 nitrogen and oxygen atoms in total. The molecule has 1 aliphatic carbocycles. The maximum Gasteiger partial charge on any atom is 0.221 e. The van der Waals surface area contributed by atoms with Gasteiger partial charge in [-0.25, -0.2) is 12.8 Å². The van der Waals surface area contributed by atoms with Crippen LogP contribution in [0.3, 0.4) is 0 Å². The van der Waals surface area contributed by atoms with Gasteiger partial charge in [-0.2, -0.15) is 9.57 Å². The van der Waals surface area contributed by atoms with Crippen LogP contribution in [0.2, 0.25) is 0 Å². The lowest BCUT2D eigenvalue weighted by Gasteiger charge is -2.37. The Morgan fingerprint density at radius 1 is 1.06 bits per heavy atom. The van der Waals surface area contributed by atoms with E-state index >= 15 is 0 Å². The van der Waals surface area contributed by atoms with Gasteiger partial charge >= 0.3 is 0 Å². The molecule has 32 heavy (non-hydrogen) atoms. The summed E-state index contributed by atoms with van der Waals surface area (Å²) >= 11 is 0. The van der Waals surface area contributed by atoms with Crippen molar-refractivity contribution in [1.82, 2.24) is 4.31 Å². The zero-order chi connectivity index (χ0) is 22.7. The van der Waals surface area contributed by atoms with E-state index in [0.29, 0.717) is 17.7 Å². The van der Waals surface area contributed by atoms with Gasteiger partial charge in [0.2, 0.25) is 10.0 Å². The highest BCUT2D eigenvalue weighted by molar-refractivity contribution is 7.89. The summed E-state index contributed by atoms with van der Waals surface area (Å²) in [7, 11) is -3.60. The first kappa shape index (κ1) is 22.8. The standard InChI is InChI=1S/C25H30FN3O2S/c1-18-7-14-25(20-5-3-2-4-6-20)32(30,31)29(18)17-21-10-13-23(15-24(21)26)28-22-11-8-19(16-27)9-12-22/h2-6,10,13,15,18-19,22,25,28H,7-9,11-12,14,17H2,1H3/t18-,19-,22-,25?/m0/s1. The number of hydrogen-bond donors (Lipinski definition) is 1. The number of benzene rings is 2. The molecule has 1 saturated heterocycles. The van der Waals surface area contributed by atoms with Crippen LogP contribution >= 0.6 is 0 Å². The van der Waals surface area contributed by atoms with Crippen LogP contribution in [0.4, 0.5) is 10.1 Å². The molecular weight excluding hydrogens is 425 g/mol. The lowest BCUT2D eigenvalue weighted by Crippen LogP contribution is -2.44. The highest BCUT2D eigenvalue weighted by atomic mass is 32.2. The Kier molecular flexibility index (Phi) is 6.82. The Labute approximate surface area is 190 Å². The molecule has 2 aromatic rings. The van der Waals surface area contributed by atoms with E-state index in [1.807, 2.05) is 43.3 Å². The molecule has 1 heterocycles. The molecule has 0 amide bonds. The first-order valence-electron chi connectivity index (χ1n) is 11.4. The number of rotatable bonds is 5. The third-order valence-electron chi connectivity index (χ3n) is 6.86. The van der Waals surface area contributed by atoms with Crippen molar-refractivity contribution in [3.8, 4) is 6.07 Å². The van der Waals surface area contributed by atoms with E-state index in [9.17, 15) is 12.8 Å². The summed E-state index contributed by atoms with van der Waals surface area (Å²) in [5.74, 6) is -0.273. The molecule has 2 aromatic carbocycles. The number of anilines is 1. The topological polar surface area (TPSA) is 73.2 Å². The van der Waals surface area contributed by atoms with E-state index in [4.69, 9.17) is 5.26 Å². The summed E-state index contributed by atoms with van der Waals surface area (Å²) in [5, 5.41) is 11.8. The molecule has 2 atom stereocenters. The minimum absolute atomic E-state index is 0.0340. The van der Waals surface area contributed by atoms with Crippen LogP contribution in [0.1, 0.15) is 61.8 Å². The van der Waals surface area contributed by atoms with E-state index in [2.05, 4.69) is 11.4 Å². The lowest BCUT2D eigenvalue weighted by molar-refractivity contribution is 0.279. The van der Waals surface area contributed by atoms with Gasteiger partial charge in [0.25, 0.3) is 0 Å². The Morgan fingerprint density at radius 3 is 2.44 bits per heavy atom. The van der Waals surface area contributed by atoms with E-state index < -0.39 is 21.1 Å². The van der Waals surface area contributed by atoms with Crippen LogP contribution in [0.15, 0.2) is 48.5 Å². The van der Waals surface area contributed by atoms with Crippen LogP contribution in [-0.2, 0) is 16.6 Å². The molecule has 1 N–H and O–H groups in total. The van der Waals surface area contributed by atoms with Crippen LogP contribution < -0.4 is 5.32 Å². The maximum atomic E-state index is 15.0. The summed E-state index contributed by atoms with van der Waals surface area (Å²) in [6, 6.07) is 16.6. The monoisotopic (exact) mass is 455 g/mol. The second-order valence-electron chi connectivity index (χ2n) is 9.04. The zero-order valence-corrected chi connectivity index (χ0v) is 19.2. The Hall–Kier alpha value is -2.43. The second kappa shape index (κ2) is 9.60. The van der Waals surface area contributed by atoms with Crippen molar-refractivity contribution in [3.05, 3.63) is 65.5 Å². The molecule has 1 aliphatic heterocycles. The average Bonchev–Trinajstić information content (AvgIpc) is 2.79. The molecule has 0 bridgehead atoms. The molecule has 0 aromatic heterocycles. The summed E-state index contributed by atoms with van der Waals surface area (Å²) in [6.07, 6.45) is 4.83. The van der Waals surface area contributed by atoms with Crippen LogP contribution in [0.25, 0.3) is 0 Å². The van der Waals surface area contributed by atoms with Crippen molar-refractivity contribution >= 4 is 15.7 Å². The van der Waals surface area contributed by atoms with Gasteiger partial charge in [0.1, 0.15) is 11.1 Å². The molecule has 1 unspecified atom stereocenters. The van der Waals surface area contributed by atoms with Gasteiger partial charge in [0.15, 0.2) is 0 Å². The molecule has 2 fully saturated rings. The molecule has 7 heteroatoms. The highest BCUT2D eigenvalue weighted by Gasteiger charge is 2.40. The Balaban J connectivity index is 1.47. The first-order chi connectivity index (χ1) is 15.4. The average molecular weight is 456 g/mol. The summed E-state index contributed by atoms with van der Waals surface area (Å²) in [6.45, 7) is 1.93. The quantitative estimate of drug-likeness (QED) is 0.657. The fourth-order valence-corrected chi connectivity index (χ4v) is 7.08. The summed E-state index contributed by atoms with van der Waals surface area (Å²) in [4.78, 5) is 0. The third kappa shape index (κ3) is 4.82. The molecule has 2 aliphatic rings. The first-order valence-corrected chi connectivity index (χ1v) is 12.9. The molecule has 1 saturated carbocycles. The second-order valence-corrected chi connectivity index (χ2v) is 11.1. The van der Waals surface area contributed by atoms with Gasteiger partial charge < -0.3 is 5.32 Å². The Morgan fingerprint density at radius 2 is 1.78 bits per heavy atom. The lowest BCUT2D eigenvalue weighted by atomic mass is 9.87. The van der Waals surface area contributed by atoms with Gasteiger partial charge in [0, 0.05) is 35.8 Å². The van der Waals surface area contributed by atoms with Crippen molar-refractivity contribution in [2.45, 2.75) is 69.3 Å². The number of hydrogen-bond acceptors (Lipinski definition) is 4. The van der Waals surface area contributed by atoms with Gasteiger partial charge in [-0.3, -0.25) is 0 Å². The van der Waals surface area contributed by atoms with Crippen LogP contribution in [-0.4, -0.2) is 24.8 Å². The largest absolute Gasteiger partial charge is 0.382 e. The summed E-state index contributed by atoms with van der Waals surface area (Å²) in [5.41, 5.74) is 1.87. The van der Waals surface area contributed by atoms with Crippen molar-refractivity contribution in [2.75, 3.05) is 5.32 Å². The highest BCUT2D eigenvalue weighted by Crippen LogP contribution is 2.38. The number of nitrogens with one attached hydrogen (secondary N) is 1. The van der Waals surface area contributed by atoms with Crippen LogP contribution in [0, 0.1) is 23.1 Å². The minimum Gasteiger partial charge on any atom is -0.382 e. The molecule has 0 radical (unpaired) electrons. The van der Waals surface area contributed by atoms with E-state index in [0.717, 1.165) is 37.7 Å². The zero-order valence-electron chi connectivity index (χ0n) is 18.4. The minimum atomic E-state index is -3.60. The smallest absolute Gasteiger partial charge is 0.221 e. The number of nitrogens with zero attached hydrogens (tertiary/aromatic N) is 2. The van der Waals surface area contributed by atoms with Gasteiger partial charge in [-0.15, -0.1) is 0 Å². The molecule has 170 valence electrons. The molecular formula is C25H30FN3O2S. The van der Waals surface area contributed by atoms with E-state index in [1.54, 1.807) is 6.07 Å². The number of sulfonamides is 1. The van der Waals surface area contributed by atoms with E-state index in [-0.39, 0.29) is 24.5 Å². The van der Waals surface area contributed by atoms with E-state index in [1.165, 1.54) is 10.4 Å². The summed E-state index contributed by atoms with van der Waals surface area (Å²) < 4.78 is 43.2. The normalized spacial score (nSPS) is 28.0. The van der Waals surface area contributed by atoms with Gasteiger partial charge in [-0.1, -0.05) is 36.4 Å². The number of halogens is 1. The maximum absolute atomic E-state index is 15.0. The fourth-order valence-electron chi connectivity index (χ4n) is 4.89. The fraction of sp³-hybridized carbons (Fsp3) is 0.480. The van der Waals surface area contributed by atoms with Crippen molar-refractivity contribution in [2.24, 2.45) is 5.92 Å². The number of nitriles is 1. The SMILES string of the molecule is C[C@H]1CCC(c2ccccc2)S(=O)(=O)N1Cc1ccc(N[C@H]2CC[C@H](C#N)CC2)cc1F. The van der Waals surface area contributed by atoms with Crippen molar-refractivity contribution in [3.63, 3.8) is 0 Å². The van der Waals surface area contributed by atoms with Crippen molar-refractivity contribution in [1.29, 1.82) is 5.26 Å². The predicted octanol–water partition coefficient (Wildman–Crippen LogP) is 5.38.